The Morgan fingerprint density at radius 2 is 1.68 bits per heavy atom. The van der Waals surface area contributed by atoms with Gasteiger partial charge >= 0.3 is 23.7 Å². The molecule has 1 fully saturated rings. The second-order valence-corrected chi connectivity index (χ2v) is 5.61. The minimum Gasteiger partial charge on any atom is -0.459 e. The number of allylic oxidation sites excluding steroid dienone is 2. The molecule has 0 heterocycles. The average Bonchev–Trinajstić information content (AvgIpc) is 3.07. The molecule has 0 radical (unpaired) electrons. The van der Waals surface area contributed by atoms with Crippen molar-refractivity contribution in [1.29, 1.82) is 0 Å². The fourth-order valence-corrected chi connectivity index (χ4v) is 2.76. The van der Waals surface area contributed by atoms with Gasteiger partial charge in [-0.15, -0.1) is 0 Å². The summed E-state index contributed by atoms with van der Waals surface area (Å²) < 4.78 is 93.7. The van der Waals surface area contributed by atoms with Crippen LogP contribution in [0.15, 0.2) is 12.2 Å². The molecular formula is C13H13F7O2. The maximum atomic E-state index is 13.2. The number of hydrogen-bond donors (Lipinski definition) is 0. The van der Waals surface area contributed by atoms with Crippen LogP contribution < -0.4 is 0 Å². The van der Waals surface area contributed by atoms with Crippen LogP contribution in [0.1, 0.15) is 12.8 Å². The molecule has 3 unspecified atom stereocenters. The van der Waals surface area contributed by atoms with E-state index in [1.165, 1.54) is 0 Å². The minimum absolute atomic E-state index is 0.111. The normalized spacial score (nSPS) is 28.2. The highest BCUT2D eigenvalue weighted by Gasteiger charge is 2.72. The van der Waals surface area contributed by atoms with Crippen LogP contribution in [0, 0.1) is 17.8 Å². The quantitative estimate of drug-likeness (QED) is 0.421. The van der Waals surface area contributed by atoms with E-state index in [2.05, 4.69) is 4.74 Å². The molecule has 0 aliphatic heterocycles. The van der Waals surface area contributed by atoms with Crippen LogP contribution in [0.25, 0.3) is 0 Å². The van der Waals surface area contributed by atoms with Crippen molar-refractivity contribution in [3.8, 4) is 0 Å². The van der Waals surface area contributed by atoms with Gasteiger partial charge in [-0.2, -0.15) is 26.3 Å². The summed E-state index contributed by atoms with van der Waals surface area (Å²) in [6.45, 7) is -5.16. The highest BCUT2D eigenvalue weighted by Crippen LogP contribution is 2.47. The predicted octanol–water partition coefficient (Wildman–Crippen LogP) is 3.62. The summed E-state index contributed by atoms with van der Waals surface area (Å²) >= 11 is 0. The molecule has 0 aromatic rings. The van der Waals surface area contributed by atoms with Crippen LogP contribution in [0.3, 0.4) is 0 Å². The number of fused-ring (bicyclic) bond motifs is 2. The summed E-state index contributed by atoms with van der Waals surface area (Å²) in [6.07, 6.45) is 4.57. The molecule has 0 spiro atoms. The summed E-state index contributed by atoms with van der Waals surface area (Å²) in [5, 5.41) is 0. The molecule has 9 heteroatoms. The molecule has 0 amide bonds. The lowest BCUT2D eigenvalue weighted by molar-refractivity contribution is -0.320. The monoisotopic (exact) mass is 334 g/mol. The first kappa shape index (κ1) is 17.1. The highest BCUT2D eigenvalue weighted by atomic mass is 19.3. The fourth-order valence-electron chi connectivity index (χ4n) is 2.76. The predicted molar refractivity (Wildman–Crippen MR) is 60.6 cm³/mol. The van der Waals surface area contributed by atoms with Crippen molar-refractivity contribution in [2.45, 2.75) is 30.6 Å². The van der Waals surface area contributed by atoms with E-state index in [1.807, 2.05) is 6.08 Å². The number of alkyl halides is 7. The van der Waals surface area contributed by atoms with Gasteiger partial charge in [0.1, 0.15) is 0 Å². The fraction of sp³-hybridized carbons (Fsp3) is 0.769. The third kappa shape index (κ3) is 2.69. The zero-order chi connectivity index (χ0) is 16.8. The van der Waals surface area contributed by atoms with Crippen molar-refractivity contribution >= 4 is 5.97 Å². The van der Waals surface area contributed by atoms with E-state index in [4.69, 9.17) is 0 Å². The van der Waals surface area contributed by atoms with Gasteiger partial charge in [-0.25, -0.2) is 4.39 Å². The number of hydrogen-bond acceptors (Lipinski definition) is 2. The molecule has 2 rings (SSSR count). The zero-order valence-corrected chi connectivity index (χ0v) is 11.2. The molecule has 22 heavy (non-hydrogen) atoms. The van der Waals surface area contributed by atoms with Gasteiger partial charge in [0, 0.05) is 0 Å². The van der Waals surface area contributed by atoms with E-state index in [1.54, 1.807) is 6.08 Å². The Labute approximate surface area is 121 Å². The summed E-state index contributed by atoms with van der Waals surface area (Å²) in [5.41, 5.74) is 0. The Balaban J connectivity index is 1.97. The Morgan fingerprint density at radius 3 is 2.14 bits per heavy atom. The smallest absolute Gasteiger partial charge is 0.378 e. The molecule has 0 aromatic heterocycles. The topological polar surface area (TPSA) is 26.3 Å². The maximum absolute atomic E-state index is 13.2. The number of esters is 1. The lowest BCUT2D eigenvalue weighted by atomic mass is 9.94. The molecule has 3 atom stereocenters. The first-order valence-electron chi connectivity index (χ1n) is 6.56. The van der Waals surface area contributed by atoms with Crippen molar-refractivity contribution in [3.05, 3.63) is 12.2 Å². The van der Waals surface area contributed by atoms with Crippen LogP contribution in [0.2, 0.25) is 0 Å². The van der Waals surface area contributed by atoms with E-state index in [0.29, 0.717) is 12.8 Å². The maximum Gasteiger partial charge on any atom is 0.378 e. The molecule has 0 aromatic carbocycles. The number of carbonyl (C=O) groups excluding carboxylic acids is 1. The van der Waals surface area contributed by atoms with Crippen molar-refractivity contribution in [3.63, 3.8) is 0 Å². The van der Waals surface area contributed by atoms with Crippen LogP contribution in [-0.2, 0) is 9.53 Å². The SMILES string of the molecule is O=C(OCC(F)(F)C(F)(F)C(F)(F)CF)C1CC2C=CC1C2. The van der Waals surface area contributed by atoms with E-state index in [0.717, 1.165) is 0 Å². The van der Waals surface area contributed by atoms with Crippen molar-refractivity contribution in [2.24, 2.45) is 17.8 Å². The molecule has 1 saturated carbocycles. The number of halogens is 7. The van der Waals surface area contributed by atoms with Gasteiger partial charge in [0.05, 0.1) is 5.92 Å². The summed E-state index contributed by atoms with van der Waals surface area (Å²) in [7, 11) is 0. The van der Waals surface area contributed by atoms with Crippen LogP contribution >= 0.6 is 0 Å². The van der Waals surface area contributed by atoms with E-state index >= 15 is 0 Å². The largest absolute Gasteiger partial charge is 0.459 e. The van der Waals surface area contributed by atoms with Gasteiger partial charge < -0.3 is 4.74 Å². The molecule has 0 saturated heterocycles. The Bertz CT molecular complexity index is 475. The molecule has 2 nitrogen and oxygen atoms in total. The van der Waals surface area contributed by atoms with Crippen LogP contribution in [0.5, 0.6) is 0 Å². The summed E-state index contributed by atoms with van der Waals surface area (Å²) in [6, 6.07) is 0. The van der Waals surface area contributed by atoms with E-state index in [-0.39, 0.29) is 11.8 Å². The van der Waals surface area contributed by atoms with Gasteiger partial charge in [-0.1, -0.05) is 12.2 Å². The Morgan fingerprint density at radius 1 is 1.05 bits per heavy atom. The zero-order valence-electron chi connectivity index (χ0n) is 11.2. The molecular weight excluding hydrogens is 321 g/mol. The van der Waals surface area contributed by atoms with E-state index in [9.17, 15) is 35.5 Å². The molecule has 2 aliphatic carbocycles. The lowest BCUT2D eigenvalue weighted by Crippen LogP contribution is -2.57. The van der Waals surface area contributed by atoms with Gasteiger partial charge in [-0.05, 0) is 24.7 Å². The van der Waals surface area contributed by atoms with Gasteiger partial charge in [0.2, 0.25) is 0 Å². The lowest BCUT2D eigenvalue weighted by Gasteiger charge is -2.31. The number of ether oxygens (including phenoxy) is 1. The van der Waals surface area contributed by atoms with Gasteiger partial charge in [0.15, 0.2) is 13.3 Å². The van der Waals surface area contributed by atoms with Gasteiger partial charge in [0.25, 0.3) is 0 Å². The summed E-state index contributed by atoms with van der Waals surface area (Å²) in [5.74, 6) is -18.8. The second-order valence-electron chi connectivity index (χ2n) is 5.61. The first-order chi connectivity index (χ1) is 10.0. The third-order valence-electron chi connectivity index (χ3n) is 4.06. The molecule has 126 valence electrons. The van der Waals surface area contributed by atoms with Crippen LogP contribution in [-0.4, -0.2) is 37.0 Å². The summed E-state index contributed by atoms with van der Waals surface area (Å²) in [4.78, 5) is 11.6. The molecule has 2 bridgehead atoms. The minimum atomic E-state index is -5.95. The van der Waals surface area contributed by atoms with Crippen molar-refractivity contribution in [1.82, 2.24) is 0 Å². The number of carbonyl (C=O) groups is 1. The third-order valence-corrected chi connectivity index (χ3v) is 4.06. The Hall–Kier alpha value is -1.28. The first-order valence-corrected chi connectivity index (χ1v) is 6.56. The van der Waals surface area contributed by atoms with Crippen molar-refractivity contribution < 1.29 is 40.3 Å². The number of rotatable bonds is 6. The average molecular weight is 334 g/mol. The van der Waals surface area contributed by atoms with Gasteiger partial charge in [-0.3, -0.25) is 4.79 Å². The van der Waals surface area contributed by atoms with E-state index < -0.39 is 42.9 Å². The Kier molecular flexibility index (Phi) is 4.20. The van der Waals surface area contributed by atoms with Crippen LogP contribution in [0.4, 0.5) is 30.7 Å². The molecule has 0 N–H and O–H groups in total. The standard InChI is InChI=1S/C13H13F7O2/c14-5-11(15,16)13(19,20)12(17,18)6-22-10(21)9-4-7-1-2-8(9)3-7/h1-2,7-9H,3-6H2. The molecule has 2 aliphatic rings. The highest BCUT2D eigenvalue weighted by molar-refractivity contribution is 5.74. The van der Waals surface area contributed by atoms with Crippen molar-refractivity contribution in [2.75, 3.05) is 13.3 Å². The second kappa shape index (κ2) is 5.42.